The van der Waals surface area contributed by atoms with E-state index in [0.717, 1.165) is 32.1 Å². The van der Waals surface area contributed by atoms with Gasteiger partial charge in [0.05, 0.1) is 5.92 Å². The van der Waals surface area contributed by atoms with Crippen LogP contribution in [0.15, 0.2) is 0 Å². The summed E-state index contributed by atoms with van der Waals surface area (Å²) < 4.78 is 0. The zero-order valence-corrected chi connectivity index (χ0v) is 10.9. The maximum Gasteiger partial charge on any atom is 0.303 e. The third-order valence-electron chi connectivity index (χ3n) is 3.52. The Kier molecular flexibility index (Phi) is 6.72. The Morgan fingerprint density at radius 3 is 2.61 bits per heavy atom. The van der Waals surface area contributed by atoms with Crippen LogP contribution in [-0.2, 0) is 9.59 Å². The van der Waals surface area contributed by atoms with Gasteiger partial charge >= 0.3 is 5.97 Å². The Morgan fingerprint density at radius 2 is 1.89 bits per heavy atom. The molecule has 0 bridgehead atoms. The molecule has 0 aromatic rings. The van der Waals surface area contributed by atoms with Gasteiger partial charge in [0.2, 0.25) is 5.91 Å². The highest BCUT2D eigenvalue weighted by molar-refractivity contribution is 5.79. The Morgan fingerprint density at radius 1 is 1.17 bits per heavy atom. The molecule has 1 rings (SSSR count). The van der Waals surface area contributed by atoms with Gasteiger partial charge in [0.25, 0.3) is 0 Å². The minimum absolute atomic E-state index is 0.0217. The topological polar surface area (TPSA) is 92.4 Å². The zero-order valence-electron chi connectivity index (χ0n) is 10.9. The van der Waals surface area contributed by atoms with Gasteiger partial charge in [0.15, 0.2) is 0 Å². The molecule has 1 amide bonds. The van der Waals surface area contributed by atoms with Gasteiger partial charge in [-0.3, -0.25) is 9.59 Å². The highest BCUT2D eigenvalue weighted by Crippen LogP contribution is 2.22. The number of aliphatic carboxylic acids is 1. The van der Waals surface area contributed by atoms with Crippen molar-refractivity contribution < 1.29 is 14.7 Å². The summed E-state index contributed by atoms with van der Waals surface area (Å²) in [5.74, 6) is -0.807. The van der Waals surface area contributed by atoms with Crippen molar-refractivity contribution in [3.8, 4) is 0 Å². The van der Waals surface area contributed by atoms with Crippen LogP contribution in [0.4, 0.5) is 0 Å². The third kappa shape index (κ3) is 5.49. The molecule has 1 fully saturated rings. The molecule has 0 spiro atoms. The Balaban J connectivity index is 2.20. The number of hydrogen-bond acceptors (Lipinski definition) is 3. The third-order valence-corrected chi connectivity index (χ3v) is 3.52. The van der Waals surface area contributed by atoms with Gasteiger partial charge in [-0.1, -0.05) is 19.3 Å². The average molecular weight is 256 g/mol. The van der Waals surface area contributed by atoms with Gasteiger partial charge < -0.3 is 16.2 Å². The predicted octanol–water partition coefficient (Wildman–Crippen LogP) is 1.27. The van der Waals surface area contributed by atoms with E-state index >= 15 is 0 Å². The smallest absolute Gasteiger partial charge is 0.303 e. The van der Waals surface area contributed by atoms with Crippen molar-refractivity contribution >= 4 is 11.9 Å². The van der Waals surface area contributed by atoms with Crippen molar-refractivity contribution in [2.45, 2.75) is 57.4 Å². The van der Waals surface area contributed by atoms with Crippen LogP contribution in [0.3, 0.4) is 0 Å². The SMILES string of the molecule is NC1CCCCCC1C(=O)NCCCCC(=O)O. The Hall–Kier alpha value is -1.10. The second-order valence-electron chi connectivity index (χ2n) is 5.05. The molecule has 1 aliphatic rings. The van der Waals surface area contributed by atoms with Crippen LogP contribution in [0.2, 0.25) is 0 Å². The second-order valence-corrected chi connectivity index (χ2v) is 5.05. The van der Waals surface area contributed by atoms with Crippen molar-refractivity contribution in [2.75, 3.05) is 6.54 Å². The molecule has 2 unspecified atom stereocenters. The number of carboxylic acids is 1. The van der Waals surface area contributed by atoms with Crippen LogP contribution >= 0.6 is 0 Å². The molecule has 4 N–H and O–H groups in total. The van der Waals surface area contributed by atoms with E-state index in [0.29, 0.717) is 19.4 Å². The first-order chi connectivity index (χ1) is 8.61. The van der Waals surface area contributed by atoms with E-state index in [4.69, 9.17) is 10.8 Å². The quantitative estimate of drug-likeness (QED) is 0.493. The first-order valence-electron chi connectivity index (χ1n) is 6.86. The van der Waals surface area contributed by atoms with Gasteiger partial charge in [-0.2, -0.15) is 0 Å². The molecule has 1 saturated carbocycles. The Labute approximate surface area is 108 Å². The van der Waals surface area contributed by atoms with E-state index in [9.17, 15) is 9.59 Å². The summed E-state index contributed by atoms with van der Waals surface area (Å²) in [5, 5.41) is 11.4. The molecular weight excluding hydrogens is 232 g/mol. The van der Waals surface area contributed by atoms with E-state index in [1.807, 2.05) is 0 Å². The highest BCUT2D eigenvalue weighted by Gasteiger charge is 2.26. The van der Waals surface area contributed by atoms with Crippen molar-refractivity contribution in [1.29, 1.82) is 0 Å². The van der Waals surface area contributed by atoms with E-state index in [2.05, 4.69) is 5.32 Å². The summed E-state index contributed by atoms with van der Waals surface area (Å²) in [6.45, 7) is 0.551. The number of amides is 1. The van der Waals surface area contributed by atoms with Gasteiger partial charge in [-0.05, 0) is 25.7 Å². The standard InChI is InChI=1S/C13H24N2O3/c14-11-7-3-1-2-6-10(11)13(18)15-9-5-4-8-12(16)17/h10-11H,1-9,14H2,(H,15,18)(H,16,17). The van der Waals surface area contributed by atoms with Crippen molar-refractivity contribution in [3.63, 3.8) is 0 Å². The fraction of sp³-hybridized carbons (Fsp3) is 0.846. The normalized spacial score (nSPS) is 24.3. The molecule has 104 valence electrons. The van der Waals surface area contributed by atoms with Gasteiger partial charge in [-0.25, -0.2) is 0 Å². The van der Waals surface area contributed by atoms with E-state index in [-0.39, 0.29) is 24.3 Å². The van der Waals surface area contributed by atoms with Crippen molar-refractivity contribution in [3.05, 3.63) is 0 Å². The van der Waals surface area contributed by atoms with Crippen LogP contribution in [0.25, 0.3) is 0 Å². The zero-order chi connectivity index (χ0) is 13.4. The van der Waals surface area contributed by atoms with Crippen LogP contribution in [0.5, 0.6) is 0 Å². The fourth-order valence-electron chi connectivity index (χ4n) is 2.41. The number of carboxylic acid groups (broad SMARTS) is 1. The van der Waals surface area contributed by atoms with Crippen LogP contribution in [0.1, 0.15) is 51.4 Å². The molecule has 0 heterocycles. The maximum absolute atomic E-state index is 12.0. The fourth-order valence-corrected chi connectivity index (χ4v) is 2.41. The van der Waals surface area contributed by atoms with Crippen molar-refractivity contribution in [2.24, 2.45) is 11.7 Å². The first-order valence-corrected chi connectivity index (χ1v) is 6.86. The summed E-state index contributed by atoms with van der Waals surface area (Å²) in [4.78, 5) is 22.3. The van der Waals surface area contributed by atoms with Crippen LogP contribution in [0, 0.1) is 5.92 Å². The lowest BCUT2D eigenvalue weighted by Crippen LogP contribution is -2.41. The molecule has 0 saturated heterocycles. The number of carbonyl (C=O) groups is 2. The molecule has 0 aromatic carbocycles. The highest BCUT2D eigenvalue weighted by atomic mass is 16.4. The van der Waals surface area contributed by atoms with Crippen molar-refractivity contribution in [1.82, 2.24) is 5.32 Å². The van der Waals surface area contributed by atoms with Crippen LogP contribution < -0.4 is 11.1 Å². The monoisotopic (exact) mass is 256 g/mol. The number of hydrogen-bond donors (Lipinski definition) is 3. The predicted molar refractivity (Wildman–Crippen MR) is 69.0 cm³/mol. The minimum Gasteiger partial charge on any atom is -0.481 e. The molecule has 2 atom stereocenters. The molecule has 1 aliphatic carbocycles. The molecule has 5 heteroatoms. The lowest BCUT2D eigenvalue weighted by molar-refractivity contribution is -0.137. The number of nitrogens with two attached hydrogens (primary N) is 1. The van der Waals surface area contributed by atoms with E-state index in [1.54, 1.807) is 0 Å². The maximum atomic E-state index is 12.0. The molecule has 0 radical (unpaired) electrons. The largest absolute Gasteiger partial charge is 0.481 e. The minimum atomic E-state index is -0.785. The molecule has 5 nitrogen and oxygen atoms in total. The molecule has 0 aliphatic heterocycles. The summed E-state index contributed by atoms with van der Waals surface area (Å²) in [5.41, 5.74) is 6.01. The number of carbonyl (C=O) groups excluding carboxylic acids is 1. The molecule has 0 aromatic heterocycles. The lowest BCUT2D eigenvalue weighted by atomic mass is 9.94. The lowest BCUT2D eigenvalue weighted by Gasteiger charge is -2.20. The average Bonchev–Trinajstić information content (AvgIpc) is 2.53. The summed E-state index contributed by atoms with van der Waals surface area (Å²) in [6, 6.07) is -0.0217. The number of rotatable bonds is 6. The first kappa shape index (κ1) is 15.0. The number of unbranched alkanes of at least 4 members (excludes halogenated alkanes) is 1. The molecular formula is C13H24N2O3. The van der Waals surface area contributed by atoms with Crippen LogP contribution in [-0.4, -0.2) is 29.6 Å². The molecule has 18 heavy (non-hydrogen) atoms. The van der Waals surface area contributed by atoms with Gasteiger partial charge in [-0.15, -0.1) is 0 Å². The van der Waals surface area contributed by atoms with Gasteiger partial charge in [0, 0.05) is 19.0 Å². The Bertz CT molecular complexity index is 281. The second kappa shape index (κ2) is 8.08. The number of nitrogens with one attached hydrogen (secondary N) is 1. The van der Waals surface area contributed by atoms with E-state index < -0.39 is 5.97 Å². The summed E-state index contributed by atoms with van der Waals surface area (Å²) >= 11 is 0. The summed E-state index contributed by atoms with van der Waals surface area (Å²) in [7, 11) is 0. The van der Waals surface area contributed by atoms with E-state index in [1.165, 1.54) is 0 Å². The summed E-state index contributed by atoms with van der Waals surface area (Å²) in [6.07, 6.45) is 6.63. The van der Waals surface area contributed by atoms with Gasteiger partial charge in [0.1, 0.15) is 0 Å².